The minimum absolute atomic E-state index is 0.431. The number of rotatable bonds is 4. The van der Waals surface area contributed by atoms with Gasteiger partial charge in [0.25, 0.3) is 0 Å². The summed E-state index contributed by atoms with van der Waals surface area (Å²) in [6.45, 7) is 0. The maximum atomic E-state index is 6.40. The minimum atomic E-state index is -0.431. The summed E-state index contributed by atoms with van der Waals surface area (Å²) >= 11 is 0. The first kappa shape index (κ1) is 31.2. The molecule has 0 aliphatic heterocycles. The summed E-state index contributed by atoms with van der Waals surface area (Å²) in [4.78, 5) is 0. The predicted molar refractivity (Wildman–Crippen MR) is 234 cm³/mol. The van der Waals surface area contributed by atoms with E-state index < -0.39 is 5.41 Å². The van der Waals surface area contributed by atoms with E-state index in [1.165, 1.54) is 82.6 Å². The van der Waals surface area contributed by atoms with Crippen LogP contribution in [0.2, 0.25) is 0 Å². The van der Waals surface area contributed by atoms with Crippen molar-refractivity contribution in [1.82, 2.24) is 0 Å². The Morgan fingerprint density at radius 2 is 0.875 bits per heavy atom. The Kier molecular flexibility index (Phi) is 6.62. The van der Waals surface area contributed by atoms with Gasteiger partial charge < -0.3 is 4.42 Å². The van der Waals surface area contributed by atoms with Crippen LogP contribution in [0.4, 0.5) is 0 Å². The molecule has 0 unspecified atom stereocenters. The molecule has 1 heterocycles. The summed E-state index contributed by atoms with van der Waals surface area (Å²) in [5.74, 6) is 0. The SMILES string of the molecule is c1ccc(C2(c3ccccc3)c3ccccc3-c3ccc4cc(-c5ccc6cc(-c7ccc8oc9c%10ccccc%10ccc9c8c7)ccc6c5)ccc4c32)cc1. The zero-order valence-electron chi connectivity index (χ0n) is 30.5. The van der Waals surface area contributed by atoms with Crippen LogP contribution in [-0.2, 0) is 5.41 Å². The first-order valence-electron chi connectivity index (χ1n) is 19.4. The van der Waals surface area contributed by atoms with Gasteiger partial charge in [-0.1, -0.05) is 170 Å². The Labute approximate surface area is 324 Å². The molecule has 260 valence electrons. The number of benzene rings is 10. The molecule has 0 saturated heterocycles. The van der Waals surface area contributed by atoms with Crippen molar-refractivity contribution in [1.29, 1.82) is 0 Å². The van der Waals surface area contributed by atoms with E-state index in [1.54, 1.807) is 0 Å². The first-order valence-corrected chi connectivity index (χ1v) is 19.4. The fourth-order valence-corrected chi connectivity index (χ4v) is 9.75. The third-order valence-corrected chi connectivity index (χ3v) is 12.3. The van der Waals surface area contributed by atoms with Crippen molar-refractivity contribution in [3.63, 3.8) is 0 Å². The van der Waals surface area contributed by atoms with E-state index in [1.807, 2.05) is 0 Å². The van der Waals surface area contributed by atoms with Gasteiger partial charge in [-0.3, -0.25) is 0 Å². The highest BCUT2D eigenvalue weighted by Gasteiger charge is 2.46. The molecule has 56 heavy (non-hydrogen) atoms. The summed E-state index contributed by atoms with van der Waals surface area (Å²) in [6, 6.07) is 75.9. The maximum absolute atomic E-state index is 6.40. The molecule has 1 aromatic heterocycles. The summed E-state index contributed by atoms with van der Waals surface area (Å²) in [7, 11) is 0. The van der Waals surface area contributed by atoms with E-state index in [0.717, 1.165) is 27.3 Å². The van der Waals surface area contributed by atoms with Crippen LogP contribution in [0.15, 0.2) is 211 Å². The van der Waals surface area contributed by atoms with Crippen molar-refractivity contribution in [3.05, 3.63) is 229 Å². The van der Waals surface area contributed by atoms with E-state index in [0.29, 0.717) is 0 Å². The molecule has 1 aliphatic carbocycles. The van der Waals surface area contributed by atoms with E-state index in [4.69, 9.17) is 4.42 Å². The minimum Gasteiger partial charge on any atom is -0.455 e. The van der Waals surface area contributed by atoms with Gasteiger partial charge in [-0.2, -0.15) is 0 Å². The summed E-state index contributed by atoms with van der Waals surface area (Å²) in [6.07, 6.45) is 0. The summed E-state index contributed by atoms with van der Waals surface area (Å²) in [5, 5.41) is 9.63. The van der Waals surface area contributed by atoms with Crippen LogP contribution in [0, 0.1) is 0 Å². The standard InChI is InChI=1S/C55H34O/c1-3-12-43(13-4-1)55(44-14-5-2-6-15-44)51-18-10-9-17-47(51)48-28-25-42-33-40(24-27-45(42)53(48)55)38-20-19-37-32-39(22-21-36(37)31-38)41-26-30-52-50(34-41)49-29-23-35-11-7-8-16-46(35)54(49)56-52/h1-34H. The lowest BCUT2D eigenvalue weighted by atomic mass is 9.66. The van der Waals surface area contributed by atoms with Gasteiger partial charge in [0.2, 0.25) is 0 Å². The van der Waals surface area contributed by atoms with Crippen molar-refractivity contribution in [3.8, 4) is 33.4 Å². The molecule has 0 atom stereocenters. The molecule has 12 rings (SSSR count). The van der Waals surface area contributed by atoms with E-state index in [9.17, 15) is 0 Å². The third kappa shape index (κ3) is 4.43. The smallest absolute Gasteiger partial charge is 0.143 e. The van der Waals surface area contributed by atoms with Gasteiger partial charge in [-0.15, -0.1) is 0 Å². The number of hydrogen-bond donors (Lipinski definition) is 0. The fraction of sp³-hybridized carbons (Fsp3) is 0.0182. The molecule has 11 aromatic rings. The highest BCUT2D eigenvalue weighted by atomic mass is 16.3. The Balaban J connectivity index is 0.956. The van der Waals surface area contributed by atoms with Gasteiger partial charge in [-0.05, 0) is 119 Å². The van der Waals surface area contributed by atoms with Crippen LogP contribution in [0.1, 0.15) is 22.3 Å². The summed E-state index contributed by atoms with van der Waals surface area (Å²) in [5.41, 5.74) is 14.1. The zero-order chi connectivity index (χ0) is 36.8. The van der Waals surface area contributed by atoms with Crippen molar-refractivity contribution < 1.29 is 4.42 Å². The molecule has 0 bridgehead atoms. The zero-order valence-corrected chi connectivity index (χ0v) is 30.5. The Hall–Kier alpha value is -7.22. The van der Waals surface area contributed by atoms with Crippen LogP contribution in [0.25, 0.3) is 87.6 Å². The van der Waals surface area contributed by atoms with Gasteiger partial charge >= 0.3 is 0 Å². The molecule has 0 fully saturated rings. The van der Waals surface area contributed by atoms with Crippen molar-refractivity contribution in [2.45, 2.75) is 5.41 Å². The van der Waals surface area contributed by atoms with Crippen molar-refractivity contribution >= 4 is 54.3 Å². The fourth-order valence-electron chi connectivity index (χ4n) is 9.75. The van der Waals surface area contributed by atoms with Crippen LogP contribution in [0.5, 0.6) is 0 Å². The molecule has 1 aliphatic rings. The molecular weight excluding hydrogens is 677 g/mol. The second-order valence-corrected chi connectivity index (χ2v) is 15.2. The molecule has 10 aromatic carbocycles. The lowest BCUT2D eigenvalue weighted by Crippen LogP contribution is -2.28. The first-order chi connectivity index (χ1) is 27.7. The Morgan fingerprint density at radius 3 is 1.62 bits per heavy atom. The number of fused-ring (bicyclic) bond motifs is 11. The average molecular weight is 711 g/mol. The van der Waals surface area contributed by atoms with E-state index >= 15 is 0 Å². The van der Waals surface area contributed by atoms with Gasteiger partial charge in [0, 0.05) is 16.2 Å². The molecule has 0 amide bonds. The number of hydrogen-bond acceptors (Lipinski definition) is 1. The van der Waals surface area contributed by atoms with Crippen molar-refractivity contribution in [2.75, 3.05) is 0 Å². The van der Waals surface area contributed by atoms with Crippen LogP contribution in [0.3, 0.4) is 0 Å². The molecule has 0 saturated carbocycles. The highest BCUT2D eigenvalue weighted by molar-refractivity contribution is 6.15. The molecule has 1 heteroatoms. The molecule has 0 N–H and O–H groups in total. The topological polar surface area (TPSA) is 13.1 Å². The monoisotopic (exact) mass is 710 g/mol. The molecule has 1 nitrogen and oxygen atoms in total. The lowest BCUT2D eigenvalue weighted by Gasteiger charge is -2.34. The van der Waals surface area contributed by atoms with Gasteiger partial charge in [0.1, 0.15) is 11.2 Å². The van der Waals surface area contributed by atoms with Gasteiger partial charge in [-0.25, -0.2) is 0 Å². The van der Waals surface area contributed by atoms with Crippen LogP contribution < -0.4 is 0 Å². The molecular formula is C55H34O. The number of furan rings is 1. The van der Waals surface area contributed by atoms with Gasteiger partial charge in [0.05, 0.1) is 5.41 Å². The van der Waals surface area contributed by atoms with Crippen LogP contribution in [-0.4, -0.2) is 0 Å². The van der Waals surface area contributed by atoms with Crippen molar-refractivity contribution in [2.24, 2.45) is 0 Å². The Bertz CT molecular complexity index is 3310. The maximum Gasteiger partial charge on any atom is 0.143 e. The largest absolute Gasteiger partial charge is 0.455 e. The van der Waals surface area contributed by atoms with E-state index in [-0.39, 0.29) is 0 Å². The molecule has 0 spiro atoms. The predicted octanol–water partition coefficient (Wildman–Crippen LogP) is 14.7. The van der Waals surface area contributed by atoms with E-state index in [2.05, 4.69) is 206 Å². The second-order valence-electron chi connectivity index (χ2n) is 15.2. The third-order valence-electron chi connectivity index (χ3n) is 12.3. The highest BCUT2D eigenvalue weighted by Crippen LogP contribution is 2.58. The van der Waals surface area contributed by atoms with Crippen LogP contribution >= 0.6 is 0 Å². The molecule has 0 radical (unpaired) electrons. The second kappa shape index (κ2) is 11.9. The lowest BCUT2D eigenvalue weighted by molar-refractivity contribution is 0.672. The quantitative estimate of drug-likeness (QED) is 0.177. The summed E-state index contributed by atoms with van der Waals surface area (Å²) < 4.78 is 6.40. The Morgan fingerprint density at radius 1 is 0.321 bits per heavy atom. The average Bonchev–Trinajstić information content (AvgIpc) is 3.80. The van der Waals surface area contributed by atoms with Gasteiger partial charge in [0.15, 0.2) is 0 Å². The normalized spacial score (nSPS) is 13.1.